The summed E-state index contributed by atoms with van der Waals surface area (Å²) in [6.45, 7) is 4.88. The fraction of sp³-hybridized carbons (Fsp3) is 0.571. The largest absolute Gasteiger partial charge is 0.369 e. The highest BCUT2D eigenvalue weighted by Gasteiger charge is 2.16. The van der Waals surface area contributed by atoms with Gasteiger partial charge in [0.1, 0.15) is 11.9 Å². The maximum atomic E-state index is 9.15. The maximum absolute atomic E-state index is 9.15. The van der Waals surface area contributed by atoms with Crippen molar-refractivity contribution in [3.05, 3.63) is 22.9 Å². The third-order valence-corrected chi connectivity index (χ3v) is 3.49. The Bertz CT molecular complexity index is 440. The number of pyridine rings is 1. The van der Waals surface area contributed by atoms with Crippen LogP contribution in [0.15, 0.2) is 6.07 Å². The summed E-state index contributed by atoms with van der Waals surface area (Å²) >= 11 is 0. The molecule has 3 nitrogen and oxygen atoms in total. The molecule has 2 rings (SSSR count). The molecular formula is C14H19N3. The number of anilines is 1. The van der Waals surface area contributed by atoms with Crippen molar-refractivity contribution in [1.29, 1.82) is 5.26 Å². The van der Waals surface area contributed by atoms with Gasteiger partial charge in [-0.05, 0) is 44.2 Å². The van der Waals surface area contributed by atoms with Crippen LogP contribution in [0.25, 0.3) is 0 Å². The molecule has 0 amide bonds. The summed E-state index contributed by atoms with van der Waals surface area (Å²) in [5.41, 5.74) is 2.66. The summed E-state index contributed by atoms with van der Waals surface area (Å²) in [5, 5.41) is 12.5. The van der Waals surface area contributed by atoms with Crippen molar-refractivity contribution in [2.75, 3.05) is 11.9 Å². The first-order chi connectivity index (χ1) is 8.20. The molecule has 1 fully saturated rings. The molecule has 1 aliphatic carbocycles. The lowest BCUT2D eigenvalue weighted by Crippen LogP contribution is -2.13. The highest BCUT2D eigenvalue weighted by Crippen LogP contribution is 2.25. The number of aromatic nitrogens is 1. The van der Waals surface area contributed by atoms with Crippen LogP contribution in [0.5, 0.6) is 0 Å². The van der Waals surface area contributed by atoms with E-state index in [1.54, 1.807) is 0 Å². The fourth-order valence-electron chi connectivity index (χ4n) is 2.56. The number of nitrogens with zero attached hydrogens (tertiary/aromatic N) is 2. The first-order valence-corrected chi connectivity index (χ1v) is 6.33. The van der Waals surface area contributed by atoms with E-state index in [2.05, 4.69) is 16.4 Å². The molecule has 0 bridgehead atoms. The van der Waals surface area contributed by atoms with Crippen molar-refractivity contribution >= 4 is 5.82 Å². The van der Waals surface area contributed by atoms with E-state index in [1.807, 2.05) is 19.9 Å². The third-order valence-electron chi connectivity index (χ3n) is 3.49. The Balaban J connectivity index is 2.11. The van der Waals surface area contributed by atoms with Crippen LogP contribution in [0.1, 0.15) is 42.5 Å². The average Bonchev–Trinajstić information content (AvgIpc) is 2.78. The summed E-state index contributed by atoms with van der Waals surface area (Å²) in [6, 6.07) is 4.20. The second kappa shape index (κ2) is 5.18. The Labute approximate surface area is 103 Å². The van der Waals surface area contributed by atoms with Crippen molar-refractivity contribution in [2.45, 2.75) is 39.5 Å². The molecule has 90 valence electrons. The van der Waals surface area contributed by atoms with E-state index in [4.69, 9.17) is 5.26 Å². The predicted octanol–water partition coefficient (Wildman–Crippen LogP) is 3.17. The van der Waals surface area contributed by atoms with E-state index in [-0.39, 0.29) is 0 Å². The average molecular weight is 229 g/mol. The van der Waals surface area contributed by atoms with E-state index >= 15 is 0 Å². The van der Waals surface area contributed by atoms with E-state index in [9.17, 15) is 0 Å². The van der Waals surface area contributed by atoms with Gasteiger partial charge in [-0.25, -0.2) is 4.98 Å². The zero-order chi connectivity index (χ0) is 12.3. The monoisotopic (exact) mass is 229 g/mol. The van der Waals surface area contributed by atoms with Crippen LogP contribution in [-0.4, -0.2) is 11.5 Å². The normalized spacial score (nSPS) is 15.8. The Morgan fingerprint density at radius 2 is 2.12 bits per heavy atom. The molecule has 0 radical (unpaired) electrons. The van der Waals surface area contributed by atoms with Gasteiger partial charge < -0.3 is 5.32 Å². The van der Waals surface area contributed by atoms with Gasteiger partial charge in [-0.3, -0.25) is 0 Å². The van der Waals surface area contributed by atoms with Crippen molar-refractivity contribution < 1.29 is 0 Å². The molecule has 0 aliphatic heterocycles. The zero-order valence-electron chi connectivity index (χ0n) is 10.6. The quantitative estimate of drug-likeness (QED) is 0.866. The molecule has 1 saturated carbocycles. The molecule has 1 N–H and O–H groups in total. The lowest BCUT2D eigenvalue weighted by molar-refractivity contribution is 0.578. The van der Waals surface area contributed by atoms with Gasteiger partial charge in [0.2, 0.25) is 0 Å². The maximum Gasteiger partial charge on any atom is 0.144 e. The Kier molecular flexibility index (Phi) is 3.63. The summed E-state index contributed by atoms with van der Waals surface area (Å²) < 4.78 is 0. The van der Waals surface area contributed by atoms with Crippen LogP contribution in [0, 0.1) is 31.1 Å². The highest BCUT2D eigenvalue weighted by atomic mass is 15.0. The van der Waals surface area contributed by atoms with Gasteiger partial charge in [0.25, 0.3) is 0 Å². The van der Waals surface area contributed by atoms with E-state index < -0.39 is 0 Å². The Morgan fingerprint density at radius 1 is 1.41 bits per heavy atom. The van der Waals surface area contributed by atoms with E-state index in [0.717, 1.165) is 29.5 Å². The minimum atomic E-state index is 0.689. The molecular weight excluding hydrogens is 210 g/mol. The zero-order valence-corrected chi connectivity index (χ0v) is 10.6. The number of hydrogen-bond donors (Lipinski definition) is 1. The standard InChI is InChI=1S/C14H19N3/c1-10-7-11(2)17-14(13(10)8-15)16-9-12-5-3-4-6-12/h7,12H,3-6,9H2,1-2H3,(H,16,17). The van der Waals surface area contributed by atoms with Crippen molar-refractivity contribution in [3.63, 3.8) is 0 Å². The summed E-state index contributed by atoms with van der Waals surface area (Å²) in [5.74, 6) is 1.51. The lowest BCUT2D eigenvalue weighted by atomic mass is 10.1. The summed E-state index contributed by atoms with van der Waals surface area (Å²) in [6.07, 6.45) is 5.30. The summed E-state index contributed by atoms with van der Waals surface area (Å²) in [7, 11) is 0. The SMILES string of the molecule is Cc1cc(C)c(C#N)c(NCC2CCCC2)n1. The van der Waals surface area contributed by atoms with Gasteiger partial charge in [0, 0.05) is 12.2 Å². The smallest absolute Gasteiger partial charge is 0.144 e. The molecule has 1 aromatic heterocycles. The highest BCUT2D eigenvalue weighted by molar-refractivity contribution is 5.56. The first kappa shape index (κ1) is 11.9. The second-order valence-corrected chi connectivity index (χ2v) is 4.95. The molecule has 17 heavy (non-hydrogen) atoms. The number of rotatable bonds is 3. The molecule has 1 aromatic rings. The second-order valence-electron chi connectivity index (χ2n) is 4.95. The number of aryl methyl sites for hydroxylation is 2. The minimum Gasteiger partial charge on any atom is -0.369 e. The van der Waals surface area contributed by atoms with Gasteiger partial charge in [-0.15, -0.1) is 0 Å². The third kappa shape index (κ3) is 2.76. The molecule has 3 heteroatoms. The Morgan fingerprint density at radius 3 is 2.76 bits per heavy atom. The van der Waals surface area contributed by atoms with Crippen LogP contribution in [0.3, 0.4) is 0 Å². The topological polar surface area (TPSA) is 48.7 Å². The van der Waals surface area contributed by atoms with Gasteiger partial charge in [-0.1, -0.05) is 12.8 Å². The molecule has 0 spiro atoms. The molecule has 0 unspecified atom stereocenters. The van der Waals surface area contributed by atoms with Crippen molar-refractivity contribution in [2.24, 2.45) is 5.92 Å². The molecule has 0 saturated heterocycles. The van der Waals surface area contributed by atoms with E-state index in [1.165, 1.54) is 25.7 Å². The van der Waals surface area contributed by atoms with Crippen molar-refractivity contribution in [3.8, 4) is 6.07 Å². The van der Waals surface area contributed by atoms with Gasteiger partial charge in [0.15, 0.2) is 0 Å². The first-order valence-electron chi connectivity index (χ1n) is 6.33. The minimum absolute atomic E-state index is 0.689. The number of nitrogens with one attached hydrogen (secondary N) is 1. The molecule has 0 aromatic carbocycles. The number of nitriles is 1. The van der Waals surface area contributed by atoms with E-state index in [0.29, 0.717) is 5.56 Å². The van der Waals surface area contributed by atoms with Crippen LogP contribution in [-0.2, 0) is 0 Å². The molecule has 1 aliphatic rings. The van der Waals surface area contributed by atoms with Crippen LogP contribution >= 0.6 is 0 Å². The Hall–Kier alpha value is -1.56. The number of hydrogen-bond acceptors (Lipinski definition) is 3. The lowest BCUT2D eigenvalue weighted by Gasteiger charge is -2.13. The molecule has 1 heterocycles. The van der Waals surface area contributed by atoms with Crippen LogP contribution in [0.4, 0.5) is 5.82 Å². The van der Waals surface area contributed by atoms with Gasteiger partial charge in [-0.2, -0.15) is 5.26 Å². The fourth-order valence-corrected chi connectivity index (χ4v) is 2.56. The molecule has 0 atom stereocenters. The van der Waals surface area contributed by atoms with Gasteiger partial charge in [0.05, 0.1) is 5.56 Å². The van der Waals surface area contributed by atoms with Gasteiger partial charge >= 0.3 is 0 Å². The predicted molar refractivity (Wildman–Crippen MR) is 68.9 cm³/mol. The van der Waals surface area contributed by atoms with Crippen molar-refractivity contribution in [1.82, 2.24) is 4.98 Å². The van der Waals surface area contributed by atoms with Crippen LogP contribution < -0.4 is 5.32 Å². The summed E-state index contributed by atoms with van der Waals surface area (Å²) in [4.78, 5) is 4.43. The van der Waals surface area contributed by atoms with Crippen LogP contribution in [0.2, 0.25) is 0 Å².